The molecular formula is C19H17N5O2S. The number of H-pyrrole nitrogens is 1. The maximum atomic E-state index is 5.78. The fourth-order valence-electron chi connectivity index (χ4n) is 2.39. The lowest BCUT2D eigenvalue weighted by atomic mass is 10.2. The number of benzene rings is 1. The smallest absolute Gasteiger partial charge is 0.247 e. The highest BCUT2D eigenvalue weighted by molar-refractivity contribution is 7.99. The highest BCUT2D eigenvalue weighted by atomic mass is 32.2. The number of aromatic nitrogens is 5. The van der Waals surface area contributed by atoms with Crippen LogP contribution in [0.4, 0.5) is 0 Å². The maximum absolute atomic E-state index is 5.78. The van der Waals surface area contributed by atoms with Crippen molar-refractivity contribution < 1.29 is 8.83 Å². The minimum atomic E-state index is -0.0738. The Morgan fingerprint density at radius 2 is 1.89 bits per heavy atom. The molecule has 0 aliphatic carbocycles. The van der Waals surface area contributed by atoms with E-state index < -0.39 is 0 Å². The van der Waals surface area contributed by atoms with Crippen molar-refractivity contribution in [3.05, 3.63) is 65.7 Å². The van der Waals surface area contributed by atoms with Crippen LogP contribution in [0.5, 0.6) is 0 Å². The zero-order chi connectivity index (χ0) is 18.6. The first-order valence-electron chi connectivity index (χ1n) is 8.40. The topological polar surface area (TPSA) is 93.6 Å². The average Bonchev–Trinajstić information content (AvgIpc) is 3.41. The summed E-state index contributed by atoms with van der Waals surface area (Å²) in [6.45, 7) is 3.88. The fraction of sp³-hybridized carbons (Fsp3) is 0.158. The van der Waals surface area contributed by atoms with Gasteiger partial charge >= 0.3 is 0 Å². The summed E-state index contributed by atoms with van der Waals surface area (Å²) in [5.41, 5.74) is 0.895. The number of hydrogen-bond acceptors (Lipinski definition) is 7. The monoisotopic (exact) mass is 379 g/mol. The highest BCUT2D eigenvalue weighted by Crippen LogP contribution is 2.33. The van der Waals surface area contributed by atoms with Crippen LogP contribution in [-0.4, -0.2) is 25.4 Å². The molecule has 0 spiro atoms. The van der Waals surface area contributed by atoms with Gasteiger partial charge in [0.05, 0.1) is 5.25 Å². The quantitative estimate of drug-likeness (QED) is 0.482. The third-order valence-electron chi connectivity index (χ3n) is 3.74. The molecule has 1 N–H and O–H groups in total. The van der Waals surface area contributed by atoms with E-state index in [4.69, 9.17) is 8.83 Å². The van der Waals surface area contributed by atoms with Crippen molar-refractivity contribution in [1.82, 2.24) is 25.4 Å². The van der Waals surface area contributed by atoms with Crippen molar-refractivity contribution in [2.45, 2.75) is 24.3 Å². The summed E-state index contributed by atoms with van der Waals surface area (Å²) >= 11 is 1.44. The molecule has 27 heavy (non-hydrogen) atoms. The van der Waals surface area contributed by atoms with Gasteiger partial charge in [-0.3, -0.25) is 5.10 Å². The summed E-state index contributed by atoms with van der Waals surface area (Å²) in [5, 5.41) is 15.9. The Morgan fingerprint density at radius 3 is 2.67 bits per heavy atom. The zero-order valence-electron chi connectivity index (χ0n) is 14.8. The first-order chi connectivity index (χ1) is 13.2. The van der Waals surface area contributed by atoms with E-state index in [0.29, 0.717) is 22.8 Å². The van der Waals surface area contributed by atoms with Crippen molar-refractivity contribution in [3.63, 3.8) is 0 Å². The summed E-state index contributed by atoms with van der Waals surface area (Å²) in [6, 6.07) is 13.5. The van der Waals surface area contributed by atoms with E-state index in [1.54, 1.807) is 0 Å². The van der Waals surface area contributed by atoms with Gasteiger partial charge in [0, 0.05) is 5.56 Å². The Kier molecular flexibility index (Phi) is 4.88. The highest BCUT2D eigenvalue weighted by Gasteiger charge is 2.18. The molecule has 0 aliphatic heterocycles. The summed E-state index contributed by atoms with van der Waals surface area (Å²) in [6.07, 6.45) is 3.66. The molecule has 3 heterocycles. The van der Waals surface area contributed by atoms with Gasteiger partial charge in [0.2, 0.25) is 16.9 Å². The van der Waals surface area contributed by atoms with Crippen molar-refractivity contribution in [2.75, 3.05) is 0 Å². The maximum Gasteiger partial charge on any atom is 0.247 e. The van der Waals surface area contributed by atoms with Crippen molar-refractivity contribution in [2.24, 2.45) is 0 Å². The Hall–Kier alpha value is -3.13. The van der Waals surface area contributed by atoms with E-state index in [1.807, 2.05) is 68.5 Å². The second-order valence-electron chi connectivity index (χ2n) is 5.86. The van der Waals surface area contributed by atoms with Gasteiger partial charge in [-0.2, -0.15) is 0 Å². The van der Waals surface area contributed by atoms with Crippen LogP contribution in [0, 0.1) is 6.92 Å². The Bertz CT molecular complexity index is 1050. The number of thioether (sulfide) groups is 1. The molecule has 0 saturated carbocycles. The SMILES string of the molecule is Cc1ccc(/C=C/c2nc(SC(C)c3nnc(-c4ccccc4)o3)n[nH]2)o1. The van der Waals surface area contributed by atoms with Gasteiger partial charge in [-0.25, -0.2) is 4.98 Å². The Morgan fingerprint density at radius 1 is 1.04 bits per heavy atom. The lowest BCUT2D eigenvalue weighted by molar-refractivity contribution is 0.509. The number of rotatable bonds is 6. The van der Waals surface area contributed by atoms with Crippen molar-refractivity contribution in [1.29, 1.82) is 0 Å². The Balaban J connectivity index is 1.41. The minimum Gasteiger partial charge on any atom is -0.462 e. The third-order valence-corrected chi connectivity index (χ3v) is 4.69. The summed E-state index contributed by atoms with van der Waals surface area (Å²) in [4.78, 5) is 4.44. The predicted octanol–water partition coefficient (Wildman–Crippen LogP) is 4.78. The fourth-order valence-corrected chi connectivity index (χ4v) is 3.16. The van der Waals surface area contributed by atoms with Crippen LogP contribution < -0.4 is 0 Å². The molecule has 136 valence electrons. The third kappa shape index (κ3) is 4.17. The van der Waals surface area contributed by atoms with E-state index in [-0.39, 0.29) is 5.25 Å². The van der Waals surface area contributed by atoms with Gasteiger partial charge in [-0.1, -0.05) is 30.0 Å². The van der Waals surface area contributed by atoms with E-state index >= 15 is 0 Å². The molecule has 0 saturated heterocycles. The van der Waals surface area contributed by atoms with Gasteiger partial charge in [0.1, 0.15) is 17.3 Å². The Labute approximate surface area is 159 Å². The molecule has 0 radical (unpaired) electrons. The molecule has 3 aromatic heterocycles. The van der Waals surface area contributed by atoms with Crippen molar-refractivity contribution >= 4 is 23.9 Å². The number of nitrogens with zero attached hydrogens (tertiary/aromatic N) is 4. The van der Waals surface area contributed by atoms with Gasteiger partial charge in [0.25, 0.3) is 0 Å². The molecule has 0 amide bonds. The van der Waals surface area contributed by atoms with E-state index in [0.717, 1.165) is 17.1 Å². The van der Waals surface area contributed by atoms with Crippen LogP contribution in [0.25, 0.3) is 23.6 Å². The molecular weight excluding hydrogens is 362 g/mol. The standard InChI is InChI=1S/C19H17N5O2S/c1-12-8-9-15(25-12)10-11-16-20-19(24-21-16)27-13(2)17-22-23-18(26-17)14-6-4-3-5-7-14/h3-11,13H,1-2H3,(H,20,21,24)/b11-10+. The molecule has 1 unspecified atom stereocenters. The van der Waals surface area contributed by atoms with Gasteiger partial charge < -0.3 is 8.83 Å². The van der Waals surface area contributed by atoms with Crippen molar-refractivity contribution in [3.8, 4) is 11.5 Å². The average molecular weight is 379 g/mol. The molecule has 0 aliphatic rings. The van der Waals surface area contributed by atoms with Crippen LogP contribution in [0.1, 0.15) is 35.4 Å². The first kappa shape index (κ1) is 17.3. The normalized spacial score (nSPS) is 12.7. The van der Waals surface area contributed by atoms with Crippen LogP contribution in [-0.2, 0) is 0 Å². The minimum absolute atomic E-state index is 0.0738. The summed E-state index contributed by atoms with van der Waals surface area (Å²) in [5.74, 6) is 3.32. The lowest BCUT2D eigenvalue weighted by Gasteiger charge is -2.01. The van der Waals surface area contributed by atoms with Crippen LogP contribution in [0.2, 0.25) is 0 Å². The molecule has 8 heteroatoms. The molecule has 4 aromatic rings. The number of aromatic amines is 1. The lowest BCUT2D eigenvalue weighted by Crippen LogP contribution is -1.89. The van der Waals surface area contributed by atoms with Crippen LogP contribution in [0.3, 0.4) is 0 Å². The zero-order valence-corrected chi connectivity index (χ0v) is 15.6. The number of aryl methyl sites for hydroxylation is 1. The molecule has 0 fully saturated rings. The first-order valence-corrected chi connectivity index (χ1v) is 9.28. The van der Waals surface area contributed by atoms with Crippen LogP contribution in [0.15, 0.2) is 56.5 Å². The molecule has 1 atom stereocenters. The molecule has 4 rings (SSSR count). The second-order valence-corrected chi connectivity index (χ2v) is 7.16. The van der Waals surface area contributed by atoms with Gasteiger partial charge in [0.15, 0.2) is 0 Å². The number of hydrogen-bond donors (Lipinski definition) is 1. The van der Waals surface area contributed by atoms with Crippen LogP contribution >= 0.6 is 11.8 Å². The molecule has 0 bridgehead atoms. The van der Waals surface area contributed by atoms with E-state index in [9.17, 15) is 0 Å². The predicted molar refractivity (Wildman–Crippen MR) is 103 cm³/mol. The number of nitrogens with one attached hydrogen (secondary N) is 1. The van der Waals surface area contributed by atoms with Gasteiger partial charge in [-0.15, -0.1) is 15.3 Å². The van der Waals surface area contributed by atoms with E-state index in [1.165, 1.54) is 11.8 Å². The summed E-state index contributed by atoms with van der Waals surface area (Å²) in [7, 11) is 0. The molecule has 1 aromatic carbocycles. The number of furan rings is 1. The van der Waals surface area contributed by atoms with Gasteiger partial charge in [-0.05, 0) is 50.3 Å². The second kappa shape index (κ2) is 7.63. The summed E-state index contributed by atoms with van der Waals surface area (Å²) < 4.78 is 11.3. The molecule has 7 nitrogen and oxygen atoms in total. The largest absolute Gasteiger partial charge is 0.462 e. The van der Waals surface area contributed by atoms with E-state index in [2.05, 4.69) is 25.4 Å².